The predicted octanol–water partition coefficient (Wildman–Crippen LogP) is 2.53. The smallest absolute Gasteiger partial charge is 0.254 e. The molecule has 1 saturated heterocycles. The molecule has 32 heavy (non-hydrogen) atoms. The number of aromatic nitrogens is 4. The average molecular weight is 437 g/mol. The number of halogens is 1. The van der Waals surface area contributed by atoms with Crippen molar-refractivity contribution in [3.05, 3.63) is 46.9 Å². The van der Waals surface area contributed by atoms with Crippen LogP contribution in [-0.4, -0.2) is 51.5 Å². The summed E-state index contributed by atoms with van der Waals surface area (Å²) in [4.78, 5) is 17.1. The number of methoxy groups -OCH3 is 1. The summed E-state index contributed by atoms with van der Waals surface area (Å²) in [6, 6.07) is 6.02. The molecule has 1 amide bonds. The summed E-state index contributed by atoms with van der Waals surface area (Å²) in [6.07, 6.45) is 1.65. The van der Waals surface area contributed by atoms with Crippen molar-refractivity contribution in [2.24, 2.45) is 7.05 Å². The normalized spacial score (nSPS) is 17.9. The number of carbonyl (C=O) groups is 1. The van der Waals surface area contributed by atoms with Crippen LogP contribution in [0.2, 0.25) is 0 Å². The molecule has 166 valence electrons. The van der Waals surface area contributed by atoms with Crippen molar-refractivity contribution < 1.29 is 13.9 Å². The van der Waals surface area contributed by atoms with Crippen LogP contribution in [0.3, 0.4) is 0 Å². The van der Waals surface area contributed by atoms with Gasteiger partial charge in [-0.1, -0.05) is 0 Å². The standard InChI is InChI=1S/C22H24FN7O2/c1-28-11-16-19(22(32-3)29(2)27-16)15-10-18(20(24)26-25-15)30-8-4-5-17(30)14-9-12(23)6-7-13(14)21(28)31/h6-7,9-10,17H,4-5,8,11H2,1-3H3,(H2,24,26)/t17-/m1/s1. The molecule has 0 unspecified atom stereocenters. The number of hydrogen-bond donors (Lipinski definition) is 1. The van der Waals surface area contributed by atoms with E-state index in [0.29, 0.717) is 46.2 Å². The van der Waals surface area contributed by atoms with Crippen LogP contribution in [0.5, 0.6) is 5.88 Å². The topological polar surface area (TPSA) is 102 Å². The number of carbonyl (C=O) groups excluding carboxylic acids is 1. The van der Waals surface area contributed by atoms with Crippen molar-refractivity contribution in [2.45, 2.75) is 25.4 Å². The van der Waals surface area contributed by atoms with Crippen LogP contribution in [0.4, 0.5) is 15.9 Å². The number of fused-ring (bicyclic) bond motifs is 8. The third kappa shape index (κ3) is 3.05. The number of ether oxygens (including phenoxy) is 1. The van der Waals surface area contributed by atoms with Gasteiger partial charge < -0.3 is 20.3 Å². The van der Waals surface area contributed by atoms with Gasteiger partial charge in [0.05, 0.1) is 36.6 Å². The second-order valence-corrected chi connectivity index (χ2v) is 8.20. The van der Waals surface area contributed by atoms with Crippen LogP contribution in [-0.2, 0) is 13.6 Å². The first-order valence-corrected chi connectivity index (χ1v) is 10.4. The van der Waals surface area contributed by atoms with Crippen LogP contribution in [0.15, 0.2) is 24.3 Å². The third-order valence-electron chi connectivity index (χ3n) is 6.22. The zero-order valence-electron chi connectivity index (χ0n) is 18.2. The van der Waals surface area contributed by atoms with E-state index in [1.165, 1.54) is 12.1 Å². The molecule has 0 spiro atoms. The Hall–Kier alpha value is -3.69. The number of nitrogens with zero attached hydrogens (tertiary/aromatic N) is 6. The lowest BCUT2D eigenvalue weighted by molar-refractivity contribution is 0.0781. The van der Waals surface area contributed by atoms with E-state index in [0.717, 1.165) is 12.8 Å². The van der Waals surface area contributed by atoms with E-state index in [9.17, 15) is 9.18 Å². The van der Waals surface area contributed by atoms with Crippen LogP contribution in [0.25, 0.3) is 11.3 Å². The van der Waals surface area contributed by atoms with Gasteiger partial charge in [0.2, 0.25) is 5.88 Å². The van der Waals surface area contributed by atoms with Crippen molar-refractivity contribution in [1.82, 2.24) is 24.9 Å². The quantitative estimate of drug-likeness (QED) is 0.624. The van der Waals surface area contributed by atoms with Gasteiger partial charge in [0.1, 0.15) is 11.5 Å². The highest BCUT2D eigenvalue weighted by Crippen LogP contribution is 2.42. The third-order valence-corrected chi connectivity index (χ3v) is 6.22. The van der Waals surface area contributed by atoms with Gasteiger partial charge in [0.15, 0.2) is 5.82 Å². The van der Waals surface area contributed by atoms with Gasteiger partial charge in [-0.05, 0) is 42.7 Å². The number of benzene rings is 1. The van der Waals surface area contributed by atoms with Gasteiger partial charge in [0, 0.05) is 26.2 Å². The van der Waals surface area contributed by atoms with E-state index < -0.39 is 0 Å². The van der Waals surface area contributed by atoms with E-state index in [4.69, 9.17) is 10.5 Å². The summed E-state index contributed by atoms with van der Waals surface area (Å²) in [5.74, 6) is 0.217. The fourth-order valence-electron chi connectivity index (χ4n) is 4.79. The van der Waals surface area contributed by atoms with Crippen molar-refractivity contribution in [1.29, 1.82) is 0 Å². The first-order chi connectivity index (χ1) is 15.4. The van der Waals surface area contributed by atoms with E-state index >= 15 is 0 Å². The summed E-state index contributed by atoms with van der Waals surface area (Å²) in [5, 5.41) is 13.1. The molecule has 0 radical (unpaired) electrons. The van der Waals surface area contributed by atoms with Crippen molar-refractivity contribution in [3.8, 4) is 17.1 Å². The monoisotopic (exact) mass is 437 g/mol. The Morgan fingerprint density at radius 1 is 1.22 bits per heavy atom. The molecule has 10 heteroatoms. The Balaban J connectivity index is 1.79. The van der Waals surface area contributed by atoms with Crippen LogP contribution in [0, 0.1) is 5.82 Å². The van der Waals surface area contributed by atoms with Crippen molar-refractivity contribution in [2.75, 3.05) is 31.3 Å². The van der Waals surface area contributed by atoms with Crippen molar-refractivity contribution >= 4 is 17.4 Å². The molecular weight excluding hydrogens is 413 g/mol. The average Bonchev–Trinajstić information content (AvgIpc) is 3.37. The first-order valence-electron chi connectivity index (χ1n) is 10.4. The van der Waals surface area contributed by atoms with Crippen LogP contribution in [0.1, 0.15) is 40.5 Å². The molecule has 1 fully saturated rings. The zero-order chi connectivity index (χ0) is 22.6. The molecule has 0 saturated carbocycles. The molecule has 5 rings (SSSR count). The largest absolute Gasteiger partial charge is 0.481 e. The van der Waals surface area contributed by atoms with Crippen molar-refractivity contribution in [3.63, 3.8) is 0 Å². The number of nitrogen functional groups attached to an aromatic ring is 1. The van der Waals surface area contributed by atoms with Gasteiger partial charge in [0.25, 0.3) is 5.91 Å². The fraction of sp³-hybridized carbons (Fsp3) is 0.364. The second kappa shape index (κ2) is 7.47. The van der Waals surface area contributed by atoms with Gasteiger partial charge >= 0.3 is 0 Å². The number of rotatable bonds is 1. The van der Waals surface area contributed by atoms with Gasteiger partial charge in [-0.2, -0.15) is 5.10 Å². The molecule has 3 aromatic rings. The van der Waals surface area contributed by atoms with E-state index in [2.05, 4.69) is 20.2 Å². The molecule has 9 nitrogen and oxygen atoms in total. The summed E-state index contributed by atoms with van der Waals surface area (Å²) in [7, 11) is 5.04. The molecule has 0 aliphatic carbocycles. The Labute approximate surface area is 184 Å². The second-order valence-electron chi connectivity index (χ2n) is 8.20. The van der Waals surface area contributed by atoms with E-state index in [1.54, 1.807) is 36.9 Å². The molecule has 1 atom stereocenters. The van der Waals surface area contributed by atoms with E-state index in [1.807, 2.05) is 6.07 Å². The maximum Gasteiger partial charge on any atom is 0.254 e. The van der Waals surface area contributed by atoms with E-state index in [-0.39, 0.29) is 30.1 Å². The minimum atomic E-state index is -0.378. The number of amides is 1. The number of aryl methyl sites for hydroxylation is 1. The summed E-state index contributed by atoms with van der Waals surface area (Å²) < 4.78 is 21.5. The molecule has 2 aliphatic heterocycles. The Bertz CT molecular complexity index is 1230. The highest BCUT2D eigenvalue weighted by molar-refractivity contribution is 5.96. The van der Waals surface area contributed by atoms with Crippen LogP contribution < -0.4 is 15.4 Å². The number of anilines is 2. The maximum absolute atomic E-state index is 14.3. The minimum Gasteiger partial charge on any atom is -0.481 e. The SMILES string of the molecule is COc1c2c(nn1C)CN(C)C(=O)c1ccc(F)cc1[C@H]1CCCN1c1cc-2nnc1N. The Kier molecular flexibility index (Phi) is 4.72. The first kappa shape index (κ1) is 20.2. The molecule has 2 aromatic heterocycles. The number of nitrogens with two attached hydrogens (primary N) is 1. The minimum absolute atomic E-state index is 0.202. The van der Waals surface area contributed by atoms with Crippen LogP contribution >= 0.6 is 0 Å². The number of hydrogen-bond acceptors (Lipinski definition) is 7. The highest BCUT2D eigenvalue weighted by Gasteiger charge is 2.34. The highest BCUT2D eigenvalue weighted by atomic mass is 19.1. The lowest BCUT2D eigenvalue weighted by atomic mass is 9.96. The summed E-state index contributed by atoms with van der Waals surface area (Å²) >= 11 is 0. The van der Waals surface area contributed by atoms with Gasteiger partial charge in [-0.25, -0.2) is 9.07 Å². The summed E-state index contributed by atoms with van der Waals surface area (Å²) in [6.45, 7) is 0.926. The van der Waals surface area contributed by atoms with Gasteiger partial charge in [-0.3, -0.25) is 4.79 Å². The zero-order valence-corrected chi connectivity index (χ0v) is 18.2. The molecule has 4 heterocycles. The Morgan fingerprint density at radius 2 is 2.03 bits per heavy atom. The molecule has 2 N–H and O–H groups in total. The summed E-state index contributed by atoms with van der Waals surface area (Å²) in [5.41, 5.74) is 9.91. The maximum atomic E-state index is 14.3. The van der Waals surface area contributed by atoms with Gasteiger partial charge in [-0.15, -0.1) is 10.2 Å². The molecule has 2 aliphatic rings. The lowest BCUT2D eigenvalue weighted by Gasteiger charge is -2.30. The molecule has 1 aromatic carbocycles. The molecule has 2 bridgehead atoms. The lowest BCUT2D eigenvalue weighted by Crippen LogP contribution is -2.31. The Morgan fingerprint density at radius 3 is 2.81 bits per heavy atom. The molecular formula is C22H24FN7O2. The predicted molar refractivity (Wildman–Crippen MR) is 117 cm³/mol. The fourth-order valence-corrected chi connectivity index (χ4v) is 4.79.